The van der Waals surface area contributed by atoms with Crippen LogP contribution in [0.25, 0.3) is 0 Å². The van der Waals surface area contributed by atoms with E-state index in [1.54, 1.807) is 6.92 Å². The van der Waals surface area contributed by atoms with Crippen LogP contribution in [0.3, 0.4) is 0 Å². The van der Waals surface area contributed by atoms with E-state index in [1.807, 2.05) is 0 Å². The second-order valence-corrected chi connectivity index (χ2v) is 2.94. The van der Waals surface area contributed by atoms with Gasteiger partial charge in [-0.15, -0.1) is 0 Å². The smallest absolute Gasteiger partial charge is 0.265 e. The monoisotopic (exact) mass is 165 g/mol. The third kappa shape index (κ3) is 1.68. The SMILES string of the molecule is CC1OCCC1C(F)(F)CN. The fraction of sp³-hybridized carbons (Fsp3) is 1.00. The third-order valence-corrected chi connectivity index (χ3v) is 2.19. The molecule has 1 rings (SSSR count). The van der Waals surface area contributed by atoms with Crippen molar-refractivity contribution in [1.29, 1.82) is 0 Å². The molecule has 1 heterocycles. The molecule has 2 atom stereocenters. The Hall–Kier alpha value is -0.220. The molecule has 66 valence electrons. The van der Waals surface area contributed by atoms with Crippen molar-refractivity contribution in [3.8, 4) is 0 Å². The van der Waals surface area contributed by atoms with E-state index in [-0.39, 0.29) is 6.10 Å². The lowest BCUT2D eigenvalue weighted by Gasteiger charge is -2.23. The lowest BCUT2D eigenvalue weighted by molar-refractivity contribution is -0.0707. The number of hydrogen-bond donors (Lipinski definition) is 1. The van der Waals surface area contributed by atoms with Crippen molar-refractivity contribution in [3.63, 3.8) is 0 Å². The van der Waals surface area contributed by atoms with Crippen LogP contribution in [0.4, 0.5) is 8.78 Å². The average molecular weight is 165 g/mol. The van der Waals surface area contributed by atoms with E-state index in [0.717, 1.165) is 0 Å². The normalized spacial score (nSPS) is 32.7. The molecule has 0 aromatic carbocycles. The van der Waals surface area contributed by atoms with E-state index < -0.39 is 18.4 Å². The molecule has 11 heavy (non-hydrogen) atoms. The van der Waals surface area contributed by atoms with Gasteiger partial charge in [-0.25, -0.2) is 8.78 Å². The van der Waals surface area contributed by atoms with Gasteiger partial charge in [0.2, 0.25) is 0 Å². The summed E-state index contributed by atoms with van der Waals surface area (Å²) in [6, 6.07) is 0. The van der Waals surface area contributed by atoms with Crippen molar-refractivity contribution in [2.24, 2.45) is 11.7 Å². The van der Waals surface area contributed by atoms with Crippen LogP contribution >= 0.6 is 0 Å². The molecule has 0 bridgehead atoms. The van der Waals surface area contributed by atoms with Gasteiger partial charge in [0.15, 0.2) is 0 Å². The highest BCUT2D eigenvalue weighted by Gasteiger charge is 2.44. The van der Waals surface area contributed by atoms with Gasteiger partial charge < -0.3 is 10.5 Å². The largest absolute Gasteiger partial charge is 0.378 e. The third-order valence-electron chi connectivity index (χ3n) is 2.19. The standard InChI is InChI=1S/C7H13F2NO/c1-5-6(2-3-11-5)7(8,9)4-10/h5-6H,2-4,10H2,1H3. The minimum Gasteiger partial charge on any atom is -0.378 e. The molecule has 2 N–H and O–H groups in total. The van der Waals surface area contributed by atoms with Crippen LogP contribution in [0.2, 0.25) is 0 Å². The maximum atomic E-state index is 12.9. The van der Waals surface area contributed by atoms with E-state index in [9.17, 15) is 8.78 Å². The zero-order chi connectivity index (χ0) is 8.48. The summed E-state index contributed by atoms with van der Waals surface area (Å²) in [6.45, 7) is 1.52. The van der Waals surface area contributed by atoms with Crippen LogP contribution in [-0.4, -0.2) is 25.2 Å². The van der Waals surface area contributed by atoms with Crippen molar-refractivity contribution in [2.45, 2.75) is 25.4 Å². The molecule has 1 aliphatic heterocycles. The first-order valence-electron chi connectivity index (χ1n) is 3.77. The molecule has 0 aromatic rings. The molecule has 0 aliphatic carbocycles. The van der Waals surface area contributed by atoms with Crippen LogP contribution in [0.1, 0.15) is 13.3 Å². The van der Waals surface area contributed by atoms with Crippen LogP contribution < -0.4 is 5.73 Å². The maximum Gasteiger partial charge on any atom is 0.265 e. The second-order valence-electron chi connectivity index (χ2n) is 2.94. The Morgan fingerprint density at radius 1 is 1.64 bits per heavy atom. The van der Waals surface area contributed by atoms with Crippen molar-refractivity contribution >= 4 is 0 Å². The fourth-order valence-electron chi connectivity index (χ4n) is 1.44. The molecule has 0 aromatic heterocycles. The first-order chi connectivity index (χ1) is 5.08. The fourth-order valence-corrected chi connectivity index (χ4v) is 1.44. The van der Waals surface area contributed by atoms with Gasteiger partial charge in [-0.05, 0) is 13.3 Å². The van der Waals surface area contributed by atoms with Crippen LogP contribution in [-0.2, 0) is 4.74 Å². The van der Waals surface area contributed by atoms with Crippen LogP contribution in [0.15, 0.2) is 0 Å². The number of alkyl halides is 2. The zero-order valence-electron chi connectivity index (χ0n) is 6.52. The van der Waals surface area contributed by atoms with Gasteiger partial charge in [0.1, 0.15) is 0 Å². The molecule has 0 saturated carbocycles. The van der Waals surface area contributed by atoms with E-state index in [1.165, 1.54) is 0 Å². The van der Waals surface area contributed by atoms with Gasteiger partial charge in [0.05, 0.1) is 18.6 Å². The summed E-state index contributed by atoms with van der Waals surface area (Å²) >= 11 is 0. The number of halogens is 2. The molecule has 1 fully saturated rings. The highest BCUT2D eigenvalue weighted by molar-refractivity contribution is 4.85. The molecule has 2 nitrogen and oxygen atoms in total. The van der Waals surface area contributed by atoms with Crippen LogP contribution in [0.5, 0.6) is 0 Å². The summed E-state index contributed by atoms with van der Waals surface area (Å²) in [4.78, 5) is 0. The first-order valence-corrected chi connectivity index (χ1v) is 3.77. The quantitative estimate of drug-likeness (QED) is 0.662. The lowest BCUT2D eigenvalue weighted by Crippen LogP contribution is -2.39. The number of rotatable bonds is 2. The Balaban J connectivity index is 2.58. The van der Waals surface area contributed by atoms with Gasteiger partial charge in [-0.2, -0.15) is 0 Å². The first kappa shape index (κ1) is 8.87. The molecule has 1 aliphatic rings. The Labute approximate surface area is 64.7 Å². The molecular weight excluding hydrogens is 152 g/mol. The van der Waals surface area contributed by atoms with Crippen molar-refractivity contribution in [1.82, 2.24) is 0 Å². The van der Waals surface area contributed by atoms with Crippen LogP contribution in [0, 0.1) is 5.92 Å². The molecule has 0 spiro atoms. The van der Waals surface area contributed by atoms with E-state index in [0.29, 0.717) is 13.0 Å². The van der Waals surface area contributed by atoms with Gasteiger partial charge in [0.25, 0.3) is 5.92 Å². The predicted molar refractivity (Wildman–Crippen MR) is 37.5 cm³/mol. The minimum absolute atomic E-state index is 0.353. The average Bonchev–Trinajstić information content (AvgIpc) is 2.36. The van der Waals surface area contributed by atoms with Crippen molar-refractivity contribution < 1.29 is 13.5 Å². The molecule has 0 amide bonds. The molecule has 4 heteroatoms. The Morgan fingerprint density at radius 3 is 2.64 bits per heavy atom. The predicted octanol–water partition coefficient (Wildman–Crippen LogP) is 1.01. The summed E-state index contributed by atoms with van der Waals surface area (Å²) in [5.41, 5.74) is 4.94. The number of ether oxygens (including phenoxy) is 1. The summed E-state index contributed by atoms with van der Waals surface area (Å²) < 4.78 is 30.8. The van der Waals surface area contributed by atoms with Gasteiger partial charge in [-0.1, -0.05) is 0 Å². The highest BCUT2D eigenvalue weighted by Crippen LogP contribution is 2.34. The summed E-state index contributed by atoms with van der Waals surface area (Å²) in [5, 5.41) is 0. The Kier molecular flexibility index (Phi) is 2.44. The molecular formula is C7H13F2NO. The minimum atomic E-state index is -2.75. The topological polar surface area (TPSA) is 35.2 Å². The van der Waals surface area contributed by atoms with Crippen molar-refractivity contribution in [3.05, 3.63) is 0 Å². The zero-order valence-corrected chi connectivity index (χ0v) is 6.52. The molecule has 0 radical (unpaired) electrons. The molecule has 1 saturated heterocycles. The second kappa shape index (κ2) is 3.03. The van der Waals surface area contributed by atoms with E-state index in [2.05, 4.69) is 0 Å². The van der Waals surface area contributed by atoms with Crippen molar-refractivity contribution in [2.75, 3.05) is 13.2 Å². The lowest BCUT2D eigenvalue weighted by atomic mass is 9.95. The Morgan fingerprint density at radius 2 is 2.27 bits per heavy atom. The van der Waals surface area contributed by atoms with E-state index in [4.69, 9.17) is 10.5 Å². The highest BCUT2D eigenvalue weighted by atomic mass is 19.3. The Bertz CT molecular complexity index is 140. The summed E-state index contributed by atoms with van der Waals surface area (Å²) in [7, 11) is 0. The number of nitrogens with two attached hydrogens (primary N) is 1. The van der Waals surface area contributed by atoms with Gasteiger partial charge in [-0.3, -0.25) is 0 Å². The van der Waals surface area contributed by atoms with Gasteiger partial charge in [0, 0.05) is 6.61 Å². The van der Waals surface area contributed by atoms with Gasteiger partial charge >= 0.3 is 0 Å². The summed E-state index contributed by atoms with van der Waals surface area (Å²) in [5.74, 6) is -3.44. The number of hydrogen-bond acceptors (Lipinski definition) is 2. The summed E-state index contributed by atoms with van der Waals surface area (Å²) in [6.07, 6.45) is 0.0688. The molecule has 2 unspecified atom stereocenters. The van der Waals surface area contributed by atoms with E-state index >= 15 is 0 Å². The maximum absolute atomic E-state index is 12.9.